The summed E-state index contributed by atoms with van der Waals surface area (Å²) in [6.07, 6.45) is 2.38. The third-order valence-electron chi connectivity index (χ3n) is 1.07. The average molecular weight is 240 g/mol. The van der Waals surface area contributed by atoms with Gasteiger partial charge in [-0.25, -0.2) is 0 Å². The van der Waals surface area contributed by atoms with Crippen molar-refractivity contribution in [2.24, 2.45) is 0 Å². The first-order valence-electron chi connectivity index (χ1n) is 4.10. The summed E-state index contributed by atoms with van der Waals surface area (Å²) in [5.74, 6) is 2.27. The zero-order valence-corrected chi connectivity index (χ0v) is 11.0. The van der Waals surface area contributed by atoms with Crippen LogP contribution in [0.3, 0.4) is 0 Å². The maximum absolute atomic E-state index is 4.38. The van der Waals surface area contributed by atoms with E-state index in [1.807, 2.05) is 0 Å². The highest BCUT2D eigenvalue weighted by atomic mass is 32.2. The minimum absolute atomic E-state index is 1.07. The van der Waals surface area contributed by atoms with E-state index in [2.05, 4.69) is 39.1 Å². The van der Waals surface area contributed by atoms with Gasteiger partial charge in [0.15, 0.2) is 0 Å². The largest absolute Gasteiger partial charge is 0.135 e. The van der Waals surface area contributed by atoms with Crippen molar-refractivity contribution in [1.82, 2.24) is 0 Å². The molecule has 0 spiro atoms. The predicted molar refractivity (Wildman–Crippen MR) is 70.5 cm³/mol. The summed E-state index contributed by atoms with van der Waals surface area (Å²) >= 11 is 12.3. The number of hydrogen-bond donors (Lipinski definition) is 2. The van der Waals surface area contributed by atoms with Gasteiger partial charge in [-0.1, -0.05) is 13.8 Å². The molecule has 0 aliphatic heterocycles. The molecular weight excluding hydrogens is 224 g/mol. The van der Waals surface area contributed by atoms with E-state index in [4.69, 9.17) is 0 Å². The Labute approximate surface area is 95.2 Å². The standard InChI is InChI=1S/C8H16S4/c1-3-5-11-7(9)8(10)12-6-4-2/h9-10H,3-6H2,1-2H3/b8-7-. The molecule has 0 aromatic heterocycles. The van der Waals surface area contributed by atoms with Crippen molar-refractivity contribution in [1.29, 1.82) is 0 Å². The van der Waals surface area contributed by atoms with Crippen molar-refractivity contribution >= 4 is 48.8 Å². The van der Waals surface area contributed by atoms with E-state index < -0.39 is 0 Å². The van der Waals surface area contributed by atoms with Gasteiger partial charge >= 0.3 is 0 Å². The molecule has 0 aliphatic rings. The van der Waals surface area contributed by atoms with E-state index >= 15 is 0 Å². The van der Waals surface area contributed by atoms with Crippen LogP contribution in [-0.4, -0.2) is 11.5 Å². The highest BCUT2D eigenvalue weighted by molar-refractivity contribution is 8.21. The SMILES string of the molecule is CCCS/C(S)=C(/S)SCCC. The van der Waals surface area contributed by atoms with Crippen LogP contribution in [0.25, 0.3) is 0 Å². The molecule has 0 bridgehead atoms. The van der Waals surface area contributed by atoms with E-state index in [1.165, 1.54) is 12.8 Å². The Morgan fingerprint density at radius 2 is 1.25 bits per heavy atom. The van der Waals surface area contributed by atoms with Crippen LogP contribution in [0.15, 0.2) is 8.47 Å². The van der Waals surface area contributed by atoms with Crippen LogP contribution in [0, 0.1) is 0 Å². The first-order chi connectivity index (χ1) is 5.72. The van der Waals surface area contributed by atoms with Crippen molar-refractivity contribution in [3.8, 4) is 0 Å². The minimum Gasteiger partial charge on any atom is -0.135 e. The van der Waals surface area contributed by atoms with Crippen LogP contribution < -0.4 is 0 Å². The van der Waals surface area contributed by atoms with E-state index in [0.717, 1.165) is 20.0 Å². The van der Waals surface area contributed by atoms with Crippen molar-refractivity contribution in [2.45, 2.75) is 26.7 Å². The summed E-state index contributed by atoms with van der Waals surface area (Å²) in [4.78, 5) is 0. The Hall–Kier alpha value is 1.14. The second-order valence-corrected chi connectivity index (χ2v) is 6.02. The highest BCUT2D eigenvalue weighted by Gasteiger charge is 1.99. The third kappa shape index (κ3) is 6.63. The smallest absolute Gasteiger partial charge is 0.0569 e. The van der Waals surface area contributed by atoms with Crippen molar-refractivity contribution in [3.05, 3.63) is 8.47 Å². The summed E-state index contributed by atoms with van der Waals surface area (Å²) in [5.41, 5.74) is 0. The maximum atomic E-state index is 4.38. The molecule has 0 saturated carbocycles. The number of rotatable bonds is 6. The molecule has 0 N–H and O–H groups in total. The summed E-state index contributed by atoms with van der Waals surface area (Å²) < 4.78 is 2.14. The normalized spacial score (nSPS) is 13.0. The van der Waals surface area contributed by atoms with Crippen LogP contribution >= 0.6 is 48.8 Å². The van der Waals surface area contributed by atoms with Crippen molar-refractivity contribution < 1.29 is 0 Å². The Morgan fingerprint density at radius 1 is 0.917 bits per heavy atom. The van der Waals surface area contributed by atoms with Gasteiger partial charge in [0.1, 0.15) is 0 Å². The first kappa shape index (κ1) is 13.1. The monoisotopic (exact) mass is 240 g/mol. The predicted octanol–water partition coefficient (Wildman–Crippen LogP) is 4.26. The molecule has 12 heavy (non-hydrogen) atoms. The zero-order valence-electron chi connectivity index (χ0n) is 7.54. The highest BCUT2D eigenvalue weighted by Crippen LogP contribution is 2.33. The second-order valence-electron chi connectivity index (χ2n) is 2.31. The lowest BCUT2D eigenvalue weighted by Gasteiger charge is -2.03. The molecule has 0 fully saturated rings. The summed E-state index contributed by atoms with van der Waals surface area (Å²) in [7, 11) is 0. The van der Waals surface area contributed by atoms with Gasteiger partial charge in [-0.05, 0) is 24.3 Å². The summed E-state index contributed by atoms with van der Waals surface area (Å²) in [5, 5.41) is 0. The molecule has 0 unspecified atom stereocenters. The maximum Gasteiger partial charge on any atom is 0.0569 e. The van der Waals surface area contributed by atoms with Gasteiger partial charge in [-0.3, -0.25) is 0 Å². The van der Waals surface area contributed by atoms with Crippen LogP contribution in [0.2, 0.25) is 0 Å². The molecule has 0 saturated heterocycles. The van der Waals surface area contributed by atoms with Gasteiger partial charge in [0, 0.05) is 0 Å². The summed E-state index contributed by atoms with van der Waals surface area (Å²) in [6, 6.07) is 0. The number of thiol groups is 2. The van der Waals surface area contributed by atoms with E-state index in [-0.39, 0.29) is 0 Å². The van der Waals surface area contributed by atoms with Crippen molar-refractivity contribution in [2.75, 3.05) is 11.5 Å². The lowest BCUT2D eigenvalue weighted by atomic mass is 10.6. The fraction of sp³-hybridized carbons (Fsp3) is 0.750. The van der Waals surface area contributed by atoms with Crippen molar-refractivity contribution in [3.63, 3.8) is 0 Å². The van der Waals surface area contributed by atoms with E-state index in [0.29, 0.717) is 0 Å². The van der Waals surface area contributed by atoms with E-state index in [1.54, 1.807) is 23.5 Å². The number of thioether (sulfide) groups is 2. The molecule has 4 heteroatoms. The van der Waals surface area contributed by atoms with Gasteiger partial charge < -0.3 is 0 Å². The molecule has 0 heterocycles. The van der Waals surface area contributed by atoms with Gasteiger partial charge in [-0.2, -0.15) is 0 Å². The number of hydrogen-bond acceptors (Lipinski definition) is 4. The average Bonchev–Trinajstić information content (AvgIpc) is 2.10. The molecule has 0 radical (unpaired) electrons. The van der Waals surface area contributed by atoms with Crippen LogP contribution in [0.1, 0.15) is 26.7 Å². The Kier molecular flexibility index (Phi) is 9.55. The van der Waals surface area contributed by atoms with Gasteiger partial charge in [0.05, 0.1) is 8.47 Å². The molecule has 0 aromatic carbocycles. The fourth-order valence-corrected chi connectivity index (χ4v) is 2.85. The molecule has 0 nitrogen and oxygen atoms in total. The molecule has 72 valence electrons. The molecule has 0 aromatic rings. The Bertz CT molecular complexity index is 126. The third-order valence-corrected chi connectivity index (χ3v) is 5.08. The van der Waals surface area contributed by atoms with Gasteiger partial charge in [0.2, 0.25) is 0 Å². The molecule has 0 amide bonds. The van der Waals surface area contributed by atoms with Crippen LogP contribution in [0.5, 0.6) is 0 Å². The Morgan fingerprint density at radius 3 is 1.50 bits per heavy atom. The topological polar surface area (TPSA) is 0 Å². The van der Waals surface area contributed by atoms with E-state index in [9.17, 15) is 0 Å². The lowest BCUT2D eigenvalue weighted by molar-refractivity contribution is 1.11. The molecule has 0 atom stereocenters. The fourth-order valence-electron chi connectivity index (χ4n) is 0.521. The van der Waals surface area contributed by atoms with Gasteiger partial charge in [-0.15, -0.1) is 48.8 Å². The second kappa shape index (κ2) is 8.73. The quantitative estimate of drug-likeness (QED) is 0.666. The summed E-state index contributed by atoms with van der Waals surface area (Å²) in [6.45, 7) is 4.34. The Balaban J connectivity index is 3.72. The first-order valence-corrected chi connectivity index (χ1v) is 6.96. The van der Waals surface area contributed by atoms with Crippen LogP contribution in [0.4, 0.5) is 0 Å². The molecular formula is C8H16S4. The molecule has 0 aliphatic carbocycles. The van der Waals surface area contributed by atoms with Crippen LogP contribution in [-0.2, 0) is 0 Å². The zero-order chi connectivity index (χ0) is 9.40. The molecule has 0 rings (SSSR count). The minimum atomic E-state index is 1.07. The van der Waals surface area contributed by atoms with Gasteiger partial charge in [0.25, 0.3) is 0 Å². The lowest BCUT2D eigenvalue weighted by Crippen LogP contribution is -1.77.